The van der Waals surface area contributed by atoms with Gasteiger partial charge in [0.05, 0.1) is 6.04 Å². The number of carbonyl (C=O) groups excluding carboxylic acids is 1. The number of aryl methyl sites for hydroxylation is 1. The Kier molecular flexibility index (Phi) is 10.3. The minimum atomic E-state index is 0. The second-order valence-corrected chi connectivity index (χ2v) is 8.69. The van der Waals surface area contributed by atoms with Crippen molar-refractivity contribution in [1.82, 2.24) is 20.4 Å². The van der Waals surface area contributed by atoms with Gasteiger partial charge in [-0.2, -0.15) is 0 Å². The lowest BCUT2D eigenvalue weighted by atomic mass is 10.2. The Bertz CT molecular complexity index is 723. The number of halogens is 1. The van der Waals surface area contributed by atoms with Gasteiger partial charge in [0.25, 0.3) is 0 Å². The maximum absolute atomic E-state index is 12.3. The maximum atomic E-state index is 12.3. The molecule has 2 N–H and O–H groups in total. The number of hydrogen-bond acceptors (Lipinski definition) is 4. The van der Waals surface area contributed by atoms with Crippen molar-refractivity contribution in [2.75, 3.05) is 58.8 Å². The standard InChI is InChI=1S/C23H38N6O.HI/c1-18-8-10-20(11-9-18)29-16-12-19(17-29)26-23(24-2)25-13-6-15-28-14-5-7-21(28)22(30)27(3)4;/h8-11,19,21H,5-7,12-17H2,1-4H3,(H2,24,25,26);1H. The molecule has 2 saturated heterocycles. The van der Waals surface area contributed by atoms with E-state index in [1.807, 2.05) is 21.1 Å². The fourth-order valence-corrected chi connectivity index (χ4v) is 4.42. The second kappa shape index (κ2) is 12.5. The molecule has 0 bridgehead atoms. The molecule has 174 valence electrons. The van der Waals surface area contributed by atoms with Crippen LogP contribution >= 0.6 is 24.0 Å². The molecule has 31 heavy (non-hydrogen) atoms. The summed E-state index contributed by atoms with van der Waals surface area (Å²) < 4.78 is 0. The minimum Gasteiger partial charge on any atom is -0.369 e. The van der Waals surface area contributed by atoms with Crippen molar-refractivity contribution in [3.63, 3.8) is 0 Å². The van der Waals surface area contributed by atoms with Crippen LogP contribution < -0.4 is 15.5 Å². The van der Waals surface area contributed by atoms with E-state index in [1.165, 1.54) is 11.3 Å². The van der Waals surface area contributed by atoms with Gasteiger partial charge in [-0.15, -0.1) is 24.0 Å². The minimum absolute atomic E-state index is 0. The molecule has 2 unspecified atom stereocenters. The van der Waals surface area contributed by atoms with Crippen LogP contribution in [0.1, 0.15) is 31.2 Å². The number of guanidine groups is 1. The van der Waals surface area contributed by atoms with Gasteiger partial charge in [-0.05, 0) is 51.3 Å². The zero-order valence-corrected chi connectivity index (χ0v) is 21.8. The summed E-state index contributed by atoms with van der Waals surface area (Å²) in [5.74, 6) is 1.10. The number of aliphatic imine (C=N–C) groups is 1. The quantitative estimate of drug-likeness (QED) is 0.240. The first-order valence-corrected chi connectivity index (χ1v) is 11.2. The van der Waals surface area contributed by atoms with Crippen molar-refractivity contribution >= 4 is 41.5 Å². The highest BCUT2D eigenvalue weighted by atomic mass is 127. The molecular weight excluding hydrogens is 503 g/mol. The largest absolute Gasteiger partial charge is 0.369 e. The summed E-state index contributed by atoms with van der Waals surface area (Å²) >= 11 is 0. The average molecular weight is 543 g/mol. The highest BCUT2D eigenvalue weighted by Crippen LogP contribution is 2.21. The van der Waals surface area contributed by atoms with Gasteiger partial charge in [0, 0.05) is 59.1 Å². The smallest absolute Gasteiger partial charge is 0.239 e. The first-order chi connectivity index (χ1) is 14.5. The Hall–Kier alpha value is -1.55. The van der Waals surface area contributed by atoms with Crippen LogP contribution in [0.3, 0.4) is 0 Å². The van der Waals surface area contributed by atoms with Crippen LogP contribution in [0, 0.1) is 6.92 Å². The molecule has 2 fully saturated rings. The van der Waals surface area contributed by atoms with E-state index in [0.29, 0.717) is 6.04 Å². The normalized spacial score (nSPS) is 21.7. The van der Waals surface area contributed by atoms with Gasteiger partial charge in [0.15, 0.2) is 5.96 Å². The van der Waals surface area contributed by atoms with Crippen LogP contribution in [0.4, 0.5) is 5.69 Å². The molecule has 2 aliphatic rings. The Morgan fingerprint density at radius 1 is 1.19 bits per heavy atom. The fourth-order valence-electron chi connectivity index (χ4n) is 4.42. The molecular formula is C23H39IN6O. The summed E-state index contributed by atoms with van der Waals surface area (Å²) in [6.07, 6.45) is 4.20. The van der Waals surface area contributed by atoms with Gasteiger partial charge in [-0.1, -0.05) is 17.7 Å². The van der Waals surface area contributed by atoms with Gasteiger partial charge in [-0.25, -0.2) is 0 Å². The molecule has 0 radical (unpaired) electrons. The topological polar surface area (TPSA) is 63.2 Å². The molecule has 8 heteroatoms. The number of rotatable bonds is 7. The number of amides is 1. The number of carbonyl (C=O) groups is 1. The fraction of sp³-hybridized carbons (Fsp3) is 0.652. The summed E-state index contributed by atoms with van der Waals surface area (Å²) in [5.41, 5.74) is 2.59. The van der Waals surface area contributed by atoms with Crippen LogP contribution in [0.2, 0.25) is 0 Å². The van der Waals surface area contributed by atoms with Gasteiger partial charge in [0.1, 0.15) is 0 Å². The van der Waals surface area contributed by atoms with Gasteiger partial charge < -0.3 is 20.4 Å². The number of hydrogen-bond donors (Lipinski definition) is 2. The highest BCUT2D eigenvalue weighted by molar-refractivity contribution is 14.0. The zero-order chi connectivity index (χ0) is 21.5. The second-order valence-electron chi connectivity index (χ2n) is 8.69. The number of nitrogens with one attached hydrogen (secondary N) is 2. The summed E-state index contributed by atoms with van der Waals surface area (Å²) in [5, 5.41) is 7.02. The van der Waals surface area contributed by atoms with E-state index in [0.717, 1.165) is 64.4 Å². The molecule has 0 aromatic heterocycles. The number of anilines is 1. The molecule has 1 aromatic rings. The molecule has 2 atom stereocenters. The first-order valence-electron chi connectivity index (χ1n) is 11.2. The molecule has 2 heterocycles. The van der Waals surface area contributed by atoms with Crippen LogP contribution in [0.15, 0.2) is 29.3 Å². The third kappa shape index (κ3) is 7.24. The van der Waals surface area contributed by atoms with E-state index in [2.05, 4.69) is 56.6 Å². The zero-order valence-electron chi connectivity index (χ0n) is 19.4. The lowest BCUT2D eigenvalue weighted by Crippen LogP contribution is -2.46. The molecule has 7 nitrogen and oxygen atoms in total. The highest BCUT2D eigenvalue weighted by Gasteiger charge is 2.31. The van der Waals surface area contributed by atoms with Crippen LogP contribution in [-0.2, 0) is 4.79 Å². The first kappa shape index (κ1) is 25.7. The van der Waals surface area contributed by atoms with Gasteiger partial charge in [-0.3, -0.25) is 14.7 Å². The Balaban J connectivity index is 0.00000341. The lowest BCUT2D eigenvalue weighted by molar-refractivity contribution is -0.133. The van der Waals surface area contributed by atoms with Crippen molar-refractivity contribution in [2.24, 2.45) is 4.99 Å². The number of likely N-dealkylation sites (tertiary alicyclic amines) is 1. The SMILES string of the molecule is CN=C(NCCCN1CCCC1C(=O)N(C)C)NC1CCN(c2ccc(C)cc2)C1.I. The van der Waals surface area contributed by atoms with Crippen molar-refractivity contribution in [1.29, 1.82) is 0 Å². The van der Waals surface area contributed by atoms with Crippen molar-refractivity contribution in [3.05, 3.63) is 29.8 Å². The Morgan fingerprint density at radius 2 is 1.94 bits per heavy atom. The third-order valence-corrected chi connectivity index (χ3v) is 6.16. The molecule has 2 aliphatic heterocycles. The van der Waals surface area contributed by atoms with Crippen molar-refractivity contribution in [2.45, 2.75) is 44.7 Å². The summed E-state index contributed by atoms with van der Waals surface area (Å²) in [7, 11) is 5.52. The van der Waals surface area contributed by atoms with Crippen LogP contribution in [0.5, 0.6) is 0 Å². The Morgan fingerprint density at radius 3 is 2.61 bits per heavy atom. The predicted molar refractivity (Wildman–Crippen MR) is 140 cm³/mol. The van der Waals surface area contributed by atoms with Gasteiger partial charge >= 0.3 is 0 Å². The summed E-state index contributed by atoms with van der Waals surface area (Å²) in [4.78, 5) is 23.2. The number of likely N-dealkylation sites (N-methyl/N-ethyl adjacent to an activating group) is 1. The van der Waals surface area contributed by atoms with E-state index in [1.54, 1.807) is 4.90 Å². The number of nitrogens with zero attached hydrogens (tertiary/aromatic N) is 4. The summed E-state index contributed by atoms with van der Waals surface area (Å²) in [6, 6.07) is 9.22. The van der Waals surface area contributed by atoms with Crippen molar-refractivity contribution in [3.8, 4) is 0 Å². The van der Waals surface area contributed by atoms with E-state index < -0.39 is 0 Å². The van der Waals surface area contributed by atoms with E-state index in [-0.39, 0.29) is 35.9 Å². The summed E-state index contributed by atoms with van der Waals surface area (Å²) in [6.45, 7) is 7.00. The molecule has 0 aliphatic carbocycles. The number of benzene rings is 1. The molecule has 3 rings (SSSR count). The van der Waals surface area contributed by atoms with Crippen LogP contribution in [-0.4, -0.2) is 87.6 Å². The van der Waals surface area contributed by atoms with Crippen LogP contribution in [0.25, 0.3) is 0 Å². The monoisotopic (exact) mass is 542 g/mol. The Labute approximate surface area is 204 Å². The predicted octanol–water partition coefficient (Wildman–Crippen LogP) is 2.30. The molecule has 1 amide bonds. The van der Waals surface area contributed by atoms with E-state index in [9.17, 15) is 4.79 Å². The average Bonchev–Trinajstić information content (AvgIpc) is 3.39. The lowest BCUT2D eigenvalue weighted by Gasteiger charge is -2.26. The van der Waals surface area contributed by atoms with Crippen molar-refractivity contribution < 1.29 is 4.79 Å². The van der Waals surface area contributed by atoms with E-state index >= 15 is 0 Å². The molecule has 0 saturated carbocycles. The molecule has 0 spiro atoms. The molecule has 1 aromatic carbocycles. The van der Waals surface area contributed by atoms with Gasteiger partial charge in [0.2, 0.25) is 5.91 Å². The third-order valence-electron chi connectivity index (χ3n) is 6.16. The maximum Gasteiger partial charge on any atom is 0.239 e. The van der Waals surface area contributed by atoms with E-state index in [4.69, 9.17) is 0 Å².